The van der Waals surface area contributed by atoms with Gasteiger partial charge in [-0.3, -0.25) is 19.7 Å². The highest BCUT2D eigenvalue weighted by Gasteiger charge is 2.20. The second-order valence-corrected chi connectivity index (χ2v) is 6.53. The van der Waals surface area contributed by atoms with Gasteiger partial charge in [-0.25, -0.2) is 0 Å². The van der Waals surface area contributed by atoms with E-state index in [2.05, 4.69) is 5.32 Å². The van der Waals surface area contributed by atoms with Gasteiger partial charge in [-0.05, 0) is 42.8 Å². The number of nitro groups is 1. The lowest BCUT2D eigenvalue weighted by atomic mass is 10.0. The van der Waals surface area contributed by atoms with Crippen LogP contribution in [0.2, 0.25) is 0 Å². The van der Waals surface area contributed by atoms with Gasteiger partial charge >= 0.3 is 0 Å². The fourth-order valence-electron chi connectivity index (χ4n) is 2.83. The summed E-state index contributed by atoms with van der Waals surface area (Å²) in [6, 6.07) is 21.0. The predicted molar refractivity (Wildman–Crippen MR) is 113 cm³/mol. The molecule has 0 aliphatic carbocycles. The Balaban J connectivity index is 1.63. The molecule has 0 fully saturated rings. The van der Waals surface area contributed by atoms with Crippen molar-refractivity contribution in [3.63, 3.8) is 0 Å². The smallest absolute Gasteiger partial charge is 0.269 e. The van der Waals surface area contributed by atoms with Crippen LogP contribution in [-0.2, 0) is 0 Å². The van der Waals surface area contributed by atoms with Crippen molar-refractivity contribution in [2.75, 3.05) is 5.32 Å². The van der Waals surface area contributed by atoms with Crippen molar-refractivity contribution in [3.05, 3.63) is 100 Å². The summed E-state index contributed by atoms with van der Waals surface area (Å²) in [6.45, 7) is 1.88. The lowest BCUT2D eigenvalue weighted by molar-refractivity contribution is -0.384. The van der Waals surface area contributed by atoms with Gasteiger partial charge in [0.25, 0.3) is 11.6 Å². The molecule has 0 aliphatic heterocycles. The molecule has 3 rings (SSSR count). The minimum Gasteiger partial charge on any atom is -0.482 e. The highest BCUT2D eigenvalue weighted by Crippen LogP contribution is 2.20. The van der Waals surface area contributed by atoms with Gasteiger partial charge in [0.15, 0.2) is 6.10 Å². The van der Waals surface area contributed by atoms with Crippen LogP contribution in [0.4, 0.5) is 11.4 Å². The summed E-state index contributed by atoms with van der Waals surface area (Å²) in [5, 5.41) is 13.4. The number of anilines is 1. The first-order valence-corrected chi connectivity index (χ1v) is 9.39. The summed E-state index contributed by atoms with van der Waals surface area (Å²) in [4.78, 5) is 35.1. The molecule has 3 aromatic rings. The zero-order valence-corrected chi connectivity index (χ0v) is 16.3. The number of hydrogen-bond donors (Lipinski definition) is 1. The summed E-state index contributed by atoms with van der Waals surface area (Å²) >= 11 is 0. The van der Waals surface area contributed by atoms with Crippen LogP contribution in [0.5, 0.6) is 5.75 Å². The molecule has 30 heavy (non-hydrogen) atoms. The van der Waals surface area contributed by atoms with Crippen LogP contribution in [-0.4, -0.2) is 22.7 Å². The average Bonchev–Trinajstić information content (AvgIpc) is 2.78. The number of ether oxygens (including phenoxy) is 1. The Morgan fingerprint density at radius 1 is 0.933 bits per heavy atom. The van der Waals surface area contributed by atoms with E-state index in [1.54, 1.807) is 36.4 Å². The Morgan fingerprint density at radius 3 is 2.13 bits per heavy atom. The number of nitro benzene ring substituents is 1. The van der Waals surface area contributed by atoms with E-state index in [0.717, 1.165) is 0 Å². The molecular formula is C23H20N2O5. The van der Waals surface area contributed by atoms with Crippen molar-refractivity contribution in [2.45, 2.75) is 19.4 Å². The Hall–Kier alpha value is -4.00. The quantitative estimate of drug-likeness (QED) is 0.327. The maximum Gasteiger partial charge on any atom is 0.269 e. The number of nitrogens with one attached hydrogen (secondary N) is 1. The summed E-state index contributed by atoms with van der Waals surface area (Å²) in [5.74, 6) is 0.0392. The molecule has 7 nitrogen and oxygen atoms in total. The van der Waals surface area contributed by atoms with Crippen molar-refractivity contribution in [3.8, 4) is 5.75 Å². The van der Waals surface area contributed by atoms with Crippen LogP contribution in [0.25, 0.3) is 0 Å². The van der Waals surface area contributed by atoms with E-state index < -0.39 is 11.0 Å². The van der Waals surface area contributed by atoms with Crippen molar-refractivity contribution in [1.29, 1.82) is 0 Å². The largest absolute Gasteiger partial charge is 0.482 e. The lowest BCUT2D eigenvalue weighted by Crippen LogP contribution is -2.26. The summed E-state index contributed by atoms with van der Waals surface area (Å²) in [5.41, 5.74) is 1.36. The third kappa shape index (κ3) is 5.08. The van der Waals surface area contributed by atoms with Gasteiger partial charge in [0.1, 0.15) is 5.75 Å². The van der Waals surface area contributed by atoms with Gasteiger partial charge in [0, 0.05) is 28.9 Å². The van der Waals surface area contributed by atoms with E-state index in [1.165, 1.54) is 24.3 Å². The van der Waals surface area contributed by atoms with Crippen LogP contribution >= 0.6 is 0 Å². The molecule has 152 valence electrons. The van der Waals surface area contributed by atoms with Crippen LogP contribution in [0.3, 0.4) is 0 Å². The number of rotatable bonds is 8. The Morgan fingerprint density at radius 2 is 1.57 bits per heavy atom. The van der Waals surface area contributed by atoms with Gasteiger partial charge in [-0.15, -0.1) is 0 Å². The molecule has 0 aliphatic rings. The summed E-state index contributed by atoms with van der Waals surface area (Å²) in [7, 11) is 0. The second-order valence-electron chi connectivity index (χ2n) is 6.53. The molecule has 1 amide bonds. The maximum absolute atomic E-state index is 12.6. The topological polar surface area (TPSA) is 98.5 Å². The van der Waals surface area contributed by atoms with Crippen LogP contribution in [0, 0.1) is 10.1 Å². The maximum atomic E-state index is 12.6. The predicted octanol–water partition coefficient (Wildman–Crippen LogP) is 4.89. The number of carbonyl (C=O) groups excluding carboxylic acids is 2. The van der Waals surface area contributed by atoms with E-state index in [0.29, 0.717) is 29.0 Å². The van der Waals surface area contributed by atoms with E-state index in [-0.39, 0.29) is 17.4 Å². The molecule has 1 atom stereocenters. The third-order valence-corrected chi connectivity index (χ3v) is 4.45. The third-order valence-electron chi connectivity index (χ3n) is 4.45. The molecule has 0 radical (unpaired) electrons. The van der Waals surface area contributed by atoms with Gasteiger partial charge < -0.3 is 10.1 Å². The molecule has 1 N–H and O–H groups in total. The van der Waals surface area contributed by atoms with Crippen molar-refractivity contribution >= 4 is 23.1 Å². The normalized spacial score (nSPS) is 11.4. The molecular weight excluding hydrogens is 384 g/mol. The monoisotopic (exact) mass is 404 g/mol. The van der Waals surface area contributed by atoms with E-state index in [9.17, 15) is 19.7 Å². The van der Waals surface area contributed by atoms with Gasteiger partial charge in [-0.1, -0.05) is 37.3 Å². The Labute approximate surface area is 173 Å². The summed E-state index contributed by atoms with van der Waals surface area (Å²) in [6.07, 6.45) is -0.0836. The highest BCUT2D eigenvalue weighted by molar-refractivity contribution is 6.04. The van der Waals surface area contributed by atoms with Crippen LogP contribution in [0.1, 0.15) is 34.1 Å². The molecule has 0 spiro atoms. The second kappa shape index (κ2) is 9.47. The van der Waals surface area contributed by atoms with Crippen LogP contribution in [0.15, 0.2) is 78.9 Å². The first kappa shape index (κ1) is 20.7. The van der Waals surface area contributed by atoms with Crippen LogP contribution < -0.4 is 10.1 Å². The number of Topliss-reactive ketones (excluding diaryl/α,β-unsaturated/α-hetero) is 1. The molecule has 0 bridgehead atoms. The number of carbonyl (C=O) groups is 2. The standard InChI is InChI=1S/C23H20N2O5/c1-2-21(22(26)16-6-4-3-5-7-16)30-20-14-10-18(11-15-20)24-23(27)17-8-12-19(13-9-17)25(28)29/h3-15,21H,2H2,1H3,(H,24,27). The fourth-order valence-corrected chi connectivity index (χ4v) is 2.83. The first-order chi connectivity index (χ1) is 14.5. The number of nitrogens with zero attached hydrogens (tertiary/aromatic N) is 1. The summed E-state index contributed by atoms with van der Waals surface area (Å²) < 4.78 is 5.83. The number of amides is 1. The zero-order valence-electron chi connectivity index (χ0n) is 16.3. The molecule has 0 aromatic heterocycles. The number of non-ortho nitro benzene ring substituents is 1. The number of ketones is 1. The number of benzene rings is 3. The zero-order chi connectivity index (χ0) is 21.5. The van der Waals surface area contributed by atoms with Gasteiger partial charge in [-0.2, -0.15) is 0 Å². The molecule has 3 aromatic carbocycles. The van der Waals surface area contributed by atoms with E-state index in [4.69, 9.17) is 4.74 Å². The van der Waals surface area contributed by atoms with Gasteiger partial charge in [0.2, 0.25) is 5.78 Å². The van der Waals surface area contributed by atoms with Crippen molar-refractivity contribution < 1.29 is 19.2 Å². The molecule has 0 saturated heterocycles. The molecule has 7 heteroatoms. The Bertz CT molecular complexity index is 1030. The van der Waals surface area contributed by atoms with Crippen molar-refractivity contribution in [1.82, 2.24) is 0 Å². The molecule has 1 unspecified atom stereocenters. The molecule has 0 saturated carbocycles. The van der Waals surface area contributed by atoms with E-state index >= 15 is 0 Å². The lowest BCUT2D eigenvalue weighted by Gasteiger charge is -2.17. The highest BCUT2D eigenvalue weighted by atomic mass is 16.6. The van der Waals surface area contributed by atoms with Gasteiger partial charge in [0.05, 0.1) is 4.92 Å². The fraction of sp³-hybridized carbons (Fsp3) is 0.130. The Kier molecular flexibility index (Phi) is 6.54. The minimum absolute atomic E-state index is 0.0800. The molecule has 0 heterocycles. The van der Waals surface area contributed by atoms with E-state index in [1.807, 2.05) is 25.1 Å². The average molecular weight is 404 g/mol. The van der Waals surface area contributed by atoms with Crippen molar-refractivity contribution in [2.24, 2.45) is 0 Å². The SMILES string of the molecule is CCC(Oc1ccc(NC(=O)c2ccc([N+](=O)[O-])cc2)cc1)C(=O)c1ccccc1. The minimum atomic E-state index is -0.604. The first-order valence-electron chi connectivity index (χ1n) is 9.39. The number of hydrogen-bond acceptors (Lipinski definition) is 5.